The van der Waals surface area contributed by atoms with Gasteiger partial charge in [-0.1, -0.05) is 104 Å². The lowest BCUT2D eigenvalue weighted by Crippen LogP contribution is -2.43. The number of benzene rings is 2. The summed E-state index contributed by atoms with van der Waals surface area (Å²) in [6.07, 6.45) is 13.4. The van der Waals surface area contributed by atoms with Crippen molar-refractivity contribution in [1.82, 2.24) is 19.4 Å². The number of likely N-dealkylation sites (tertiary alicyclic amines) is 1. The summed E-state index contributed by atoms with van der Waals surface area (Å²) >= 11 is 5.08. The Labute approximate surface area is 276 Å². The first kappa shape index (κ1) is 37.5. The number of nitrogens with zero attached hydrogens (tertiary/aromatic N) is 4. The average Bonchev–Trinajstić information content (AvgIpc) is 3.44. The van der Waals surface area contributed by atoms with Crippen molar-refractivity contribution in [2.45, 2.75) is 79.2 Å². The Hall–Kier alpha value is -3.64. The van der Waals surface area contributed by atoms with E-state index in [1.165, 1.54) is 16.7 Å². The molecule has 2 aromatic carbocycles. The van der Waals surface area contributed by atoms with Gasteiger partial charge >= 0.3 is 0 Å². The first-order valence-electron chi connectivity index (χ1n) is 16.0. The highest BCUT2D eigenvalue weighted by Gasteiger charge is 2.31. The van der Waals surface area contributed by atoms with Gasteiger partial charge in [0, 0.05) is 50.5 Å². The third-order valence-corrected chi connectivity index (χ3v) is 8.26. The molecular formula is C38H53ClN4O2. The van der Waals surface area contributed by atoms with Gasteiger partial charge in [-0.25, -0.2) is 4.98 Å². The fourth-order valence-electron chi connectivity index (χ4n) is 5.33. The minimum Gasteiger partial charge on any atom is -0.343 e. The van der Waals surface area contributed by atoms with Gasteiger partial charge in [0.05, 0.1) is 6.54 Å². The minimum atomic E-state index is 0.306. The minimum absolute atomic E-state index is 0.306. The first-order chi connectivity index (χ1) is 21.6. The predicted molar refractivity (Wildman–Crippen MR) is 188 cm³/mol. The number of hydrogen-bond acceptors (Lipinski definition) is 3. The number of allylic oxidation sites excluding steroid dienone is 2. The zero-order chi connectivity index (χ0) is 33.1. The Morgan fingerprint density at radius 3 is 2.11 bits per heavy atom. The van der Waals surface area contributed by atoms with Crippen LogP contribution in [-0.4, -0.2) is 51.3 Å². The number of imidazole rings is 1. The van der Waals surface area contributed by atoms with E-state index in [4.69, 9.17) is 11.6 Å². The number of rotatable bonds is 12. The number of aryl methyl sites for hydroxylation is 2. The van der Waals surface area contributed by atoms with Gasteiger partial charge in [0.25, 0.3) is 0 Å². The third-order valence-electron chi connectivity index (χ3n) is 8.26. The number of piperidine rings is 1. The second-order valence-corrected chi connectivity index (χ2v) is 12.7. The Kier molecular flexibility index (Phi) is 17.0. The van der Waals surface area contributed by atoms with Gasteiger partial charge in [-0.2, -0.15) is 0 Å². The van der Waals surface area contributed by atoms with Crippen LogP contribution in [0.1, 0.15) is 76.8 Å². The molecular weight excluding hydrogens is 580 g/mol. The van der Waals surface area contributed by atoms with Crippen molar-refractivity contribution in [1.29, 1.82) is 0 Å². The monoisotopic (exact) mass is 632 g/mol. The van der Waals surface area contributed by atoms with Crippen molar-refractivity contribution in [2.75, 3.05) is 19.6 Å². The molecule has 0 bridgehead atoms. The highest BCUT2D eigenvalue weighted by atomic mass is 35.5. The maximum atomic E-state index is 12.5. The van der Waals surface area contributed by atoms with E-state index in [2.05, 4.69) is 78.9 Å². The van der Waals surface area contributed by atoms with Gasteiger partial charge in [-0.05, 0) is 68.9 Å². The van der Waals surface area contributed by atoms with E-state index in [9.17, 15) is 9.59 Å². The summed E-state index contributed by atoms with van der Waals surface area (Å²) in [4.78, 5) is 31.5. The van der Waals surface area contributed by atoms with Crippen LogP contribution in [-0.2, 0) is 36.0 Å². The molecule has 1 fully saturated rings. The Morgan fingerprint density at radius 2 is 1.62 bits per heavy atom. The number of amides is 2. The third kappa shape index (κ3) is 14.8. The summed E-state index contributed by atoms with van der Waals surface area (Å²) in [5.74, 6) is 1.22. The molecule has 0 atom stereocenters. The fraction of sp³-hybridized carbons (Fsp3) is 0.447. The van der Waals surface area contributed by atoms with Crippen LogP contribution in [0.3, 0.4) is 0 Å². The molecule has 0 spiro atoms. The molecule has 45 heavy (non-hydrogen) atoms. The van der Waals surface area contributed by atoms with Gasteiger partial charge < -0.3 is 14.4 Å². The molecule has 4 rings (SSSR count). The number of aromatic nitrogens is 2. The SMILES string of the molecule is C/C=C(\CC)CCN(C=O)Cc1nccn1C.C=C(C)Cl.CC1(Cc2ccccc2)CCN(C(=O)CCc2ccccc2)CC1. The molecule has 1 aliphatic heterocycles. The lowest BCUT2D eigenvalue weighted by Gasteiger charge is -2.39. The lowest BCUT2D eigenvalue weighted by molar-refractivity contribution is -0.133. The maximum absolute atomic E-state index is 12.5. The number of halogens is 1. The van der Waals surface area contributed by atoms with E-state index in [1.807, 2.05) is 42.9 Å². The van der Waals surface area contributed by atoms with Crippen molar-refractivity contribution in [3.05, 3.63) is 113 Å². The summed E-state index contributed by atoms with van der Waals surface area (Å²) in [6, 6.07) is 21.0. The van der Waals surface area contributed by atoms with Crippen molar-refractivity contribution < 1.29 is 9.59 Å². The van der Waals surface area contributed by atoms with Gasteiger partial charge in [-0.15, -0.1) is 0 Å². The van der Waals surface area contributed by atoms with Gasteiger partial charge in [-0.3, -0.25) is 9.59 Å². The Morgan fingerprint density at radius 1 is 1.04 bits per heavy atom. The normalized spacial score (nSPS) is 13.9. The summed E-state index contributed by atoms with van der Waals surface area (Å²) in [6.45, 7) is 14.7. The average molecular weight is 633 g/mol. The van der Waals surface area contributed by atoms with E-state index in [1.54, 1.807) is 18.0 Å². The van der Waals surface area contributed by atoms with Crippen LogP contribution >= 0.6 is 11.6 Å². The number of hydrogen-bond donors (Lipinski definition) is 0. The van der Waals surface area contributed by atoms with Crippen LogP contribution in [0.15, 0.2) is 96.3 Å². The molecule has 7 heteroatoms. The second kappa shape index (κ2) is 20.4. The predicted octanol–water partition coefficient (Wildman–Crippen LogP) is 8.37. The largest absolute Gasteiger partial charge is 0.343 e. The number of carbonyl (C=O) groups is 2. The van der Waals surface area contributed by atoms with Gasteiger partial charge in [0.15, 0.2) is 0 Å². The maximum Gasteiger partial charge on any atom is 0.222 e. The number of carbonyl (C=O) groups excluding carboxylic acids is 2. The first-order valence-corrected chi connectivity index (χ1v) is 16.4. The summed E-state index contributed by atoms with van der Waals surface area (Å²) in [5.41, 5.74) is 4.36. The van der Waals surface area contributed by atoms with E-state index in [-0.39, 0.29) is 0 Å². The molecule has 1 aromatic heterocycles. The van der Waals surface area contributed by atoms with Gasteiger partial charge in [0.2, 0.25) is 12.3 Å². The molecule has 0 unspecified atom stereocenters. The summed E-state index contributed by atoms with van der Waals surface area (Å²) in [5, 5.41) is 0.639. The van der Waals surface area contributed by atoms with Crippen LogP contribution in [0.25, 0.3) is 0 Å². The highest BCUT2D eigenvalue weighted by molar-refractivity contribution is 6.28. The van der Waals surface area contributed by atoms with Crippen molar-refractivity contribution in [2.24, 2.45) is 12.5 Å². The summed E-state index contributed by atoms with van der Waals surface area (Å²) in [7, 11) is 1.94. The molecule has 0 saturated carbocycles. The smallest absolute Gasteiger partial charge is 0.222 e. The molecule has 244 valence electrons. The quantitative estimate of drug-likeness (QED) is 0.149. The van der Waals surface area contributed by atoms with E-state index >= 15 is 0 Å². The van der Waals surface area contributed by atoms with Crippen LogP contribution < -0.4 is 0 Å². The Bertz CT molecular complexity index is 1310. The van der Waals surface area contributed by atoms with Crippen LogP contribution in [0.5, 0.6) is 0 Å². The molecule has 1 saturated heterocycles. The molecule has 1 aliphatic rings. The molecule has 0 N–H and O–H groups in total. The molecule has 6 nitrogen and oxygen atoms in total. The van der Waals surface area contributed by atoms with Crippen LogP contribution in [0, 0.1) is 5.41 Å². The van der Waals surface area contributed by atoms with E-state index in [0.29, 0.717) is 29.3 Å². The summed E-state index contributed by atoms with van der Waals surface area (Å²) < 4.78 is 1.94. The molecule has 0 radical (unpaired) electrons. The van der Waals surface area contributed by atoms with Crippen LogP contribution in [0.4, 0.5) is 0 Å². The van der Waals surface area contributed by atoms with Crippen molar-refractivity contribution in [3.63, 3.8) is 0 Å². The second-order valence-electron chi connectivity index (χ2n) is 12.1. The molecule has 2 heterocycles. The standard InChI is InChI=1S/C22H27NO.C13H21N3O.C3H5Cl/c1-22(18-20-10-6-3-7-11-20)14-16-23(17-15-22)21(24)13-12-19-8-4-2-5-9-19;1-4-12(5-2)6-8-16(11-17)10-13-14-7-9-15(13)3;1-3(2)4/h2-11H,12-18H2,1H3;4,7,9,11H,5-6,8,10H2,1-3H3;1H2,2H3/b;12-4+;. The van der Waals surface area contributed by atoms with E-state index < -0.39 is 0 Å². The Balaban J connectivity index is 0.000000294. The van der Waals surface area contributed by atoms with Gasteiger partial charge in [0.1, 0.15) is 5.82 Å². The van der Waals surface area contributed by atoms with Crippen LogP contribution in [0.2, 0.25) is 0 Å². The molecule has 0 aliphatic carbocycles. The molecule has 2 amide bonds. The zero-order valence-corrected chi connectivity index (χ0v) is 28.8. The topological polar surface area (TPSA) is 58.4 Å². The molecule has 3 aromatic rings. The lowest BCUT2D eigenvalue weighted by atomic mass is 9.75. The fourth-order valence-corrected chi connectivity index (χ4v) is 5.33. The zero-order valence-electron chi connectivity index (χ0n) is 28.1. The van der Waals surface area contributed by atoms with Crippen molar-refractivity contribution in [3.8, 4) is 0 Å². The highest BCUT2D eigenvalue weighted by Crippen LogP contribution is 2.34. The van der Waals surface area contributed by atoms with E-state index in [0.717, 1.165) is 70.4 Å². The van der Waals surface area contributed by atoms with Crippen molar-refractivity contribution >= 4 is 23.9 Å².